The Balaban J connectivity index is 1.47. The van der Waals surface area contributed by atoms with Gasteiger partial charge in [-0.25, -0.2) is 9.78 Å². The van der Waals surface area contributed by atoms with Gasteiger partial charge in [0, 0.05) is 36.2 Å². The topological polar surface area (TPSA) is 100 Å². The normalized spacial score (nSPS) is 11.3. The van der Waals surface area contributed by atoms with E-state index in [1.807, 2.05) is 36.4 Å². The van der Waals surface area contributed by atoms with Crippen molar-refractivity contribution < 1.29 is 9.53 Å². The van der Waals surface area contributed by atoms with Crippen LogP contribution in [0.15, 0.2) is 90.1 Å². The van der Waals surface area contributed by atoms with E-state index in [1.54, 1.807) is 29.6 Å². The van der Waals surface area contributed by atoms with Crippen LogP contribution in [0.4, 0.5) is 16.2 Å². The molecule has 49 heavy (non-hydrogen) atoms. The Morgan fingerprint density at radius 1 is 0.837 bits per heavy atom. The third-order valence-electron chi connectivity index (χ3n) is 8.86. The molecule has 0 radical (unpaired) electrons. The lowest BCUT2D eigenvalue weighted by molar-refractivity contribution is 0.256. The average molecular weight is 660 g/mol. The Bertz CT molecular complexity index is 1870. The van der Waals surface area contributed by atoms with Crippen molar-refractivity contribution in [2.45, 2.75) is 91.6 Å². The van der Waals surface area contributed by atoms with E-state index in [0.29, 0.717) is 24.5 Å². The second-order valence-electron chi connectivity index (χ2n) is 13.3. The Morgan fingerprint density at radius 2 is 1.55 bits per heavy atom. The van der Waals surface area contributed by atoms with E-state index in [0.717, 1.165) is 63.9 Å². The van der Waals surface area contributed by atoms with E-state index in [9.17, 15) is 9.59 Å². The van der Waals surface area contributed by atoms with Gasteiger partial charge in [0.05, 0.1) is 0 Å². The summed E-state index contributed by atoms with van der Waals surface area (Å²) in [4.78, 5) is 40.6. The maximum absolute atomic E-state index is 14.3. The van der Waals surface area contributed by atoms with Gasteiger partial charge in [-0.05, 0) is 101 Å². The number of fused-ring (bicyclic) bond motifs is 1. The van der Waals surface area contributed by atoms with Crippen LogP contribution < -0.4 is 20.5 Å². The van der Waals surface area contributed by atoms with E-state index in [-0.39, 0.29) is 23.4 Å². The fourth-order valence-corrected chi connectivity index (χ4v) is 6.10. The van der Waals surface area contributed by atoms with Gasteiger partial charge in [-0.1, -0.05) is 78.9 Å². The molecule has 2 amide bonds. The summed E-state index contributed by atoms with van der Waals surface area (Å²) in [6.07, 6.45) is 11.6. The molecule has 8 heteroatoms. The van der Waals surface area contributed by atoms with E-state index < -0.39 is 0 Å². The molecule has 0 aliphatic heterocycles. The first-order chi connectivity index (χ1) is 23.7. The number of nitrogens with zero attached hydrogens (tertiary/aromatic N) is 3. The number of unbranched alkanes of at least 4 members (excludes halogenated alkanes) is 5. The van der Waals surface area contributed by atoms with Crippen LogP contribution in [0, 0.1) is 0 Å². The highest BCUT2D eigenvalue weighted by Crippen LogP contribution is 2.38. The molecule has 256 valence electrons. The van der Waals surface area contributed by atoms with Gasteiger partial charge in [0.25, 0.3) is 5.56 Å². The summed E-state index contributed by atoms with van der Waals surface area (Å²) in [6, 6.07) is 21.5. The minimum Gasteiger partial charge on any atom is -0.489 e. The minimum absolute atomic E-state index is 0.126. The van der Waals surface area contributed by atoms with Crippen LogP contribution in [0.2, 0.25) is 0 Å². The third kappa shape index (κ3) is 9.13. The molecule has 0 unspecified atom stereocenters. The number of amides is 2. The molecule has 0 saturated heterocycles. The van der Waals surface area contributed by atoms with Gasteiger partial charge in [-0.15, -0.1) is 0 Å². The van der Waals surface area contributed by atoms with Crippen LogP contribution in [-0.4, -0.2) is 27.5 Å². The number of carbonyl (C=O) groups is 1. The maximum Gasteiger partial charge on any atom is 0.326 e. The number of aromatic amines is 1. The average Bonchev–Trinajstić information content (AvgIpc) is 3.10. The first kappa shape index (κ1) is 35.3. The summed E-state index contributed by atoms with van der Waals surface area (Å²) < 4.78 is 6.13. The first-order valence-corrected chi connectivity index (χ1v) is 17.6. The number of pyridine rings is 3. The molecule has 2 aromatic carbocycles. The van der Waals surface area contributed by atoms with Gasteiger partial charge >= 0.3 is 6.03 Å². The molecule has 0 bridgehead atoms. The molecule has 2 N–H and O–H groups in total. The van der Waals surface area contributed by atoms with Gasteiger partial charge in [0.2, 0.25) is 0 Å². The quantitative estimate of drug-likeness (QED) is 0.109. The third-order valence-corrected chi connectivity index (χ3v) is 8.86. The molecular weight excluding hydrogens is 610 g/mol. The molecule has 0 aliphatic carbocycles. The molecule has 3 heterocycles. The van der Waals surface area contributed by atoms with Gasteiger partial charge in [-0.3, -0.25) is 14.7 Å². The van der Waals surface area contributed by atoms with Crippen LogP contribution >= 0.6 is 0 Å². The number of rotatable bonds is 15. The maximum atomic E-state index is 14.3. The summed E-state index contributed by atoms with van der Waals surface area (Å²) >= 11 is 0. The lowest BCUT2D eigenvalue weighted by atomic mass is 9.88. The summed E-state index contributed by atoms with van der Waals surface area (Å²) in [5, 5.41) is 4.07. The van der Waals surface area contributed by atoms with Crippen molar-refractivity contribution in [3.63, 3.8) is 0 Å². The lowest BCUT2D eigenvalue weighted by Crippen LogP contribution is -2.39. The number of nitrogens with one attached hydrogen (secondary N) is 2. The molecule has 0 aliphatic rings. The molecule has 5 rings (SSSR count). The van der Waals surface area contributed by atoms with Crippen molar-refractivity contribution in [1.29, 1.82) is 0 Å². The number of ether oxygens (including phenoxy) is 1. The fraction of sp³-hybridized carbons (Fsp3) is 0.366. The van der Waals surface area contributed by atoms with Gasteiger partial charge < -0.3 is 15.0 Å². The standard InChI is InChI=1S/C41H49N5O3/c1-6-7-8-9-10-11-22-46(37-26-32-15-13-19-43-39(32)45-40(37)47)41(48)44-38-35(28(2)3)24-33(25-36(38)29(4)5)31-14-12-16-34(23-31)49-27-30-17-20-42-21-18-30/h12-21,23-26,28-29H,6-11,22,27H2,1-5H3,(H,44,48)(H,43,45,47). The Kier molecular flexibility index (Phi) is 12.2. The summed E-state index contributed by atoms with van der Waals surface area (Å²) in [7, 11) is 0. The van der Waals surface area contributed by atoms with Crippen molar-refractivity contribution in [3.8, 4) is 16.9 Å². The molecule has 0 spiro atoms. The largest absolute Gasteiger partial charge is 0.489 e. The predicted molar refractivity (Wildman–Crippen MR) is 201 cm³/mol. The second-order valence-corrected chi connectivity index (χ2v) is 13.3. The molecule has 0 atom stereocenters. The van der Waals surface area contributed by atoms with Gasteiger partial charge in [0.15, 0.2) is 0 Å². The van der Waals surface area contributed by atoms with E-state index >= 15 is 0 Å². The predicted octanol–water partition coefficient (Wildman–Crippen LogP) is 10.2. The number of anilines is 2. The van der Waals surface area contributed by atoms with Crippen molar-refractivity contribution in [2.75, 3.05) is 16.8 Å². The van der Waals surface area contributed by atoms with Crippen molar-refractivity contribution >= 4 is 28.4 Å². The van der Waals surface area contributed by atoms with Crippen LogP contribution in [0.3, 0.4) is 0 Å². The van der Waals surface area contributed by atoms with Crippen LogP contribution in [-0.2, 0) is 6.61 Å². The number of urea groups is 1. The molecule has 8 nitrogen and oxygen atoms in total. The zero-order valence-electron chi connectivity index (χ0n) is 29.5. The zero-order chi connectivity index (χ0) is 34.8. The molecule has 5 aromatic rings. The highest BCUT2D eigenvalue weighted by atomic mass is 16.5. The van der Waals surface area contributed by atoms with E-state index in [4.69, 9.17) is 4.74 Å². The number of hydrogen-bond acceptors (Lipinski definition) is 5. The summed E-state index contributed by atoms with van der Waals surface area (Å²) in [6.45, 7) is 11.7. The van der Waals surface area contributed by atoms with Gasteiger partial charge in [-0.2, -0.15) is 0 Å². The second kappa shape index (κ2) is 16.9. The lowest BCUT2D eigenvalue weighted by Gasteiger charge is -2.27. The van der Waals surface area contributed by atoms with Gasteiger partial charge in [0.1, 0.15) is 23.7 Å². The highest BCUT2D eigenvalue weighted by Gasteiger charge is 2.24. The molecular formula is C41H49N5O3. The number of benzene rings is 2. The van der Waals surface area contributed by atoms with E-state index in [2.05, 4.69) is 79.2 Å². The van der Waals surface area contributed by atoms with Crippen molar-refractivity contribution in [2.24, 2.45) is 0 Å². The summed E-state index contributed by atoms with van der Waals surface area (Å²) in [5.41, 5.74) is 6.52. The molecule has 0 saturated carbocycles. The highest BCUT2D eigenvalue weighted by molar-refractivity contribution is 6.03. The summed E-state index contributed by atoms with van der Waals surface area (Å²) in [5.74, 6) is 1.03. The van der Waals surface area contributed by atoms with Crippen LogP contribution in [0.1, 0.15) is 102 Å². The SMILES string of the molecule is CCCCCCCCN(C(=O)Nc1c(C(C)C)cc(-c2cccc(OCc3ccncc3)c2)cc1C(C)C)c1cc2cccnc2[nH]c1=O. The van der Waals surface area contributed by atoms with Crippen molar-refractivity contribution in [3.05, 3.63) is 112 Å². The van der Waals surface area contributed by atoms with Crippen LogP contribution in [0.25, 0.3) is 22.2 Å². The van der Waals surface area contributed by atoms with E-state index in [1.165, 1.54) is 19.3 Å². The number of H-pyrrole nitrogens is 1. The monoisotopic (exact) mass is 659 g/mol. The zero-order valence-corrected chi connectivity index (χ0v) is 29.5. The van der Waals surface area contributed by atoms with Crippen molar-refractivity contribution in [1.82, 2.24) is 15.0 Å². The number of hydrogen-bond donors (Lipinski definition) is 2. The number of carbonyl (C=O) groups excluding carboxylic acids is 1. The fourth-order valence-electron chi connectivity index (χ4n) is 6.10. The molecule has 0 fully saturated rings. The Labute approximate surface area is 290 Å². The Morgan fingerprint density at radius 3 is 2.27 bits per heavy atom. The number of aromatic nitrogens is 3. The molecule has 3 aromatic heterocycles. The smallest absolute Gasteiger partial charge is 0.326 e. The first-order valence-electron chi connectivity index (χ1n) is 17.6. The Hall–Kier alpha value is -4.98. The van der Waals surface area contributed by atoms with Crippen LogP contribution in [0.5, 0.6) is 5.75 Å². The minimum atomic E-state index is -0.332.